The number of hydrogen-bond acceptors (Lipinski definition) is 1. The average Bonchev–Trinajstić information content (AvgIpc) is 2.73. The number of hydrogen-bond donors (Lipinski definition) is 0. The molecule has 0 aliphatic rings. The Labute approximate surface area is 191 Å². The summed E-state index contributed by atoms with van der Waals surface area (Å²) in [6, 6.07) is 8.91. The van der Waals surface area contributed by atoms with Gasteiger partial charge in [0.15, 0.2) is 0 Å². The molecule has 0 radical (unpaired) electrons. The predicted molar refractivity (Wildman–Crippen MR) is 135 cm³/mol. The molecular formula is C27H48BrN. The van der Waals surface area contributed by atoms with Gasteiger partial charge in [-0.15, -0.1) is 0 Å². The Kier molecular flexibility index (Phi) is 18.1. The maximum absolute atomic E-state index is 3.56. The smallest absolute Gasteiger partial charge is 0.0233 e. The summed E-state index contributed by atoms with van der Waals surface area (Å²) >= 11 is 3.56. The van der Waals surface area contributed by atoms with Crippen molar-refractivity contribution >= 4 is 15.9 Å². The van der Waals surface area contributed by atoms with Crippen molar-refractivity contribution in [1.29, 1.82) is 0 Å². The molecule has 0 unspecified atom stereocenters. The van der Waals surface area contributed by atoms with Crippen LogP contribution < -0.4 is 0 Å². The van der Waals surface area contributed by atoms with Gasteiger partial charge in [-0.1, -0.05) is 132 Å². The monoisotopic (exact) mass is 465 g/mol. The molecule has 0 atom stereocenters. The normalized spacial score (nSPS) is 11.4. The standard InChI is InChI=1S/C27H48BrN/c1-3-5-7-9-11-13-15-17-23-29(25-26-19-21-27(28)22-20-26)24-18-16-14-12-10-8-6-4-2/h19-22H,3-18,23-25H2,1-2H3. The van der Waals surface area contributed by atoms with E-state index < -0.39 is 0 Å². The first-order chi connectivity index (χ1) is 14.3. The second kappa shape index (κ2) is 19.6. The Morgan fingerprint density at radius 2 is 0.931 bits per heavy atom. The Hall–Kier alpha value is -0.340. The van der Waals surface area contributed by atoms with Crippen LogP contribution in [0.1, 0.15) is 122 Å². The minimum absolute atomic E-state index is 1.11. The quantitative estimate of drug-likeness (QED) is 0.173. The molecule has 0 aliphatic heterocycles. The van der Waals surface area contributed by atoms with Crippen molar-refractivity contribution in [3.63, 3.8) is 0 Å². The predicted octanol–water partition coefficient (Wildman–Crippen LogP) is 9.53. The van der Waals surface area contributed by atoms with Crippen LogP contribution in [0.2, 0.25) is 0 Å². The maximum atomic E-state index is 3.56. The first-order valence-corrected chi connectivity index (χ1v) is 13.5. The van der Waals surface area contributed by atoms with Gasteiger partial charge in [-0.3, -0.25) is 4.90 Å². The van der Waals surface area contributed by atoms with Crippen LogP contribution in [-0.4, -0.2) is 18.0 Å². The molecule has 0 aliphatic carbocycles. The maximum Gasteiger partial charge on any atom is 0.0233 e. The highest BCUT2D eigenvalue weighted by molar-refractivity contribution is 9.10. The van der Waals surface area contributed by atoms with Crippen LogP contribution in [-0.2, 0) is 6.54 Å². The molecule has 1 nitrogen and oxygen atoms in total. The third-order valence-electron chi connectivity index (χ3n) is 5.98. The molecular weight excluding hydrogens is 418 g/mol. The van der Waals surface area contributed by atoms with Gasteiger partial charge in [0, 0.05) is 11.0 Å². The molecule has 168 valence electrons. The summed E-state index contributed by atoms with van der Waals surface area (Å²) in [5.74, 6) is 0. The summed E-state index contributed by atoms with van der Waals surface area (Å²) in [6.45, 7) is 8.24. The van der Waals surface area contributed by atoms with E-state index >= 15 is 0 Å². The van der Waals surface area contributed by atoms with Gasteiger partial charge in [-0.05, 0) is 43.6 Å². The summed E-state index contributed by atoms with van der Waals surface area (Å²) in [7, 11) is 0. The van der Waals surface area contributed by atoms with Crippen LogP contribution in [0.15, 0.2) is 28.7 Å². The second-order valence-electron chi connectivity index (χ2n) is 8.85. The van der Waals surface area contributed by atoms with Gasteiger partial charge in [0.25, 0.3) is 0 Å². The molecule has 29 heavy (non-hydrogen) atoms. The largest absolute Gasteiger partial charge is 0.299 e. The minimum Gasteiger partial charge on any atom is -0.299 e. The number of rotatable bonds is 20. The lowest BCUT2D eigenvalue weighted by molar-refractivity contribution is 0.252. The fourth-order valence-electron chi connectivity index (χ4n) is 4.06. The summed E-state index contributed by atoms with van der Waals surface area (Å²) < 4.78 is 1.18. The molecule has 0 heterocycles. The molecule has 1 aromatic rings. The van der Waals surface area contributed by atoms with E-state index in [-0.39, 0.29) is 0 Å². The molecule has 0 spiro atoms. The summed E-state index contributed by atoms with van der Waals surface area (Å²) in [4.78, 5) is 2.71. The van der Waals surface area contributed by atoms with E-state index in [0.29, 0.717) is 0 Å². The third-order valence-corrected chi connectivity index (χ3v) is 6.50. The van der Waals surface area contributed by atoms with Crippen molar-refractivity contribution < 1.29 is 0 Å². The lowest BCUT2D eigenvalue weighted by Gasteiger charge is -2.22. The average molecular weight is 467 g/mol. The van der Waals surface area contributed by atoms with Gasteiger partial charge in [0.2, 0.25) is 0 Å². The number of nitrogens with zero attached hydrogens (tertiary/aromatic N) is 1. The lowest BCUT2D eigenvalue weighted by Crippen LogP contribution is -2.25. The first-order valence-electron chi connectivity index (χ1n) is 12.7. The topological polar surface area (TPSA) is 3.24 Å². The molecule has 0 fully saturated rings. The number of unbranched alkanes of at least 4 members (excludes halogenated alkanes) is 14. The molecule has 0 saturated heterocycles. The number of benzene rings is 1. The SMILES string of the molecule is CCCCCCCCCCN(CCCCCCCCCC)Cc1ccc(Br)cc1. The van der Waals surface area contributed by atoms with E-state index in [9.17, 15) is 0 Å². The van der Waals surface area contributed by atoms with E-state index in [2.05, 4.69) is 58.9 Å². The van der Waals surface area contributed by atoms with Crippen LogP contribution in [0.3, 0.4) is 0 Å². The van der Waals surface area contributed by atoms with Gasteiger partial charge in [0.05, 0.1) is 0 Å². The zero-order chi connectivity index (χ0) is 21.0. The first kappa shape index (κ1) is 26.7. The van der Waals surface area contributed by atoms with Gasteiger partial charge < -0.3 is 0 Å². The molecule has 1 rings (SSSR count). The molecule has 1 aromatic carbocycles. The summed E-state index contributed by atoms with van der Waals surface area (Å²) in [5.41, 5.74) is 1.45. The van der Waals surface area contributed by atoms with Crippen molar-refractivity contribution in [2.45, 2.75) is 123 Å². The second-order valence-corrected chi connectivity index (χ2v) is 9.77. The van der Waals surface area contributed by atoms with E-state index in [0.717, 1.165) is 6.54 Å². The van der Waals surface area contributed by atoms with Gasteiger partial charge >= 0.3 is 0 Å². The summed E-state index contributed by atoms with van der Waals surface area (Å²) in [6.07, 6.45) is 22.5. The molecule has 0 N–H and O–H groups in total. The zero-order valence-corrected chi connectivity index (χ0v) is 21.2. The zero-order valence-electron chi connectivity index (χ0n) is 19.6. The number of halogens is 1. The van der Waals surface area contributed by atoms with Crippen LogP contribution in [0.5, 0.6) is 0 Å². The van der Waals surface area contributed by atoms with E-state index in [1.54, 1.807) is 0 Å². The Balaban J connectivity index is 2.23. The highest BCUT2D eigenvalue weighted by atomic mass is 79.9. The van der Waals surface area contributed by atoms with E-state index in [4.69, 9.17) is 0 Å². The van der Waals surface area contributed by atoms with Crippen LogP contribution in [0.4, 0.5) is 0 Å². The van der Waals surface area contributed by atoms with Crippen molar-refractivity contribution in [1.82, 2.24) is 4.90 Å². The molecule has 0 saturated carbocycles. The van der Waals surface area contributed by atoms with Crippen molar-refractivity contribution in [3.8, 4) is 0 Å². The Morgan fingerprint density at radius 3 is 1.34 bits per heavy atom. The molecule has 0 bridgehead atoms. The highest BCUT2D eigenvalue weighted by Gasteiger charge is 2.06. The van der Waals surface area contributed by atoms with Crippen molar-refractivity contribution in [2.24, 2.45) is 0 Å². The van der Waals surface area contributed by atoms with Crippen LogP contribution in [0, 0.1) is 0 Å². The Bertz CT molecular complexity index is 436. The minimum atomic E-state index is 1.11. The molecule has 2 heteroatoms. The lowest BCUT2D eigenvalue weighted by atomic mass is 10.1. The summed E-state index contributed by atoms with van der Waals surface area (Å²) in [5, 5.41) is 0. The van der Waals surface area contributed by atoms with Gasteiger partial charge in [-0.2, -0.15) is 0 Å². The van der Waals surface area contributed by atoms with Gasteiger partial charge in [0.1, 0.15) is 0 Å². The van der Waals surface area contributed by atoms with E-state index in [1.165, 1.54) is 126 Å². The van der Waals surface area contributed by atoms with E-state index in [1.807, 2.05) is 0 Å². The van der Waals surface area contributed by atoms with Crippen molar-refractivity contribution in [2.75, 3.05) is 13.1 Å². The fraction of sp³-hybridized carbons (Fsp3) is 0.778. The van der Waals surface area contributed by atoms with Gasteiger partial charge in [-0.25, -0.2) is 0 Å². The third kappa shape index (κ3) is 16.1. The van der Waals surface area contributed by atoms with Crippen LogP contribution >= 0.6 is 15.9 Å². The fourth-order valence-corrected chi connectivity index (χ4v) is 4.32. The Morgan fingerprint density at radius 1 is 0.552 bits per heavy atom. The van der Waals surface area contributed by atoms with Crippen molar-refractivity contribution in [3.05, 3.63) is 34.3 Å². The molecule has 0 aromatic heterocycles. The highest BCUT2D eigenvalue weighted by Crippen LogP contribution is 2.15. The molecule has 0 amide bonds. The van der Waals surface area contributed by atoms with Crippen LogP contribution in [0.25, 0.3) is 0 Å².